The standard InChI is InChI=1S/C27H32FN3O3S.CH4O/c1-18-25(20-8-7-9-22(15-20)35-30(5)6)23-14-19(17-32)10-11-24(23)31(18)16-21(28)12-13-29-26(33)34-27(2,3)4;1-2/h7-12,14-15,17H,13,16H2,1-6H3,(H,29,33);2H,1H3/b21-12-;. The summed E-state index contributed by atoms with van der Waals surface area (Å²) < 4.78 is 24.0. The van der Waals surface area contributed by atoms with Crippen molar-refractivity contribution in [1.29, 1.82) is 0 Å². The van der Waals surface area contributed by atoms with E-state index in [0.29, 0.717) is 5.56 Å². The minimum atomic E-state index is -0.618. The van der Waals surface area contributed by atoms with Gasteiger partial charge in [0.2, 0.25) is 0 Å². The SMILES string of the molecule is CO.Cc1c(-c2cccc(SN(C)C)c2)c2cc(C=O)ccc2n1C/C(F)=C/CNC(=O)OC(C)(C)C. The third kappa shape index (κ3) is 8.45. The molecule has 3 rings (SSSR count). The summed E-state index contributed by atoms with van der Waals surface area (Å²) in [4.78, 5) is 24.4. The van der Waals surface area contributed by atoms with Crippen LogP contribution >= 0.6 is 11.9 Å². The van der Waals surface area contributed by atoms with Crippen molar-refractivity contribution in [3.05, 3.63) is 65.6 Å². The fraction of sp³-hybridized carbons (Fsp3) is 0.357. The molecule has 0 radical (unpaired) electrons. The van der Waals surface area contributed by atoms with Crippen molar-refractivity contribution in [2.24, 2.45) is 0 Å². The lowest BCUT2D eigenvalue weighted by Crippen LogP contribution is -2.32. The van der Waals surface area contributed by atoms with Crippen LogP contribution in [0.25, 0.3) is 22.0 Å². The Balaban J connectivity index is 0.00000235. The zero-order valence-electron chi connectivity index (χ0n) is 22.5. The van der Waals surface area contributed by atoms with Crippen LogP contribution in [0.15, 0.2) is 59.3 Å². The van der Waals surface area contributed by atoms with E-state index in [1.807, 2.05) is 60.2 Å². The van der Waals surface area contributed by atoms with Gasteiger partial charge in [0.25, 0.3) is 0 Å². The van der Waals surface area contributed by atoms with Gasteiger partial charge in [-0.1, -0.05) is 12.1 Å². The number of hydrogen-bond acceptors (Lipinski definition) is 6. The molecule has 200 valence electrons. The zero-order valence-corrected chi connectivity index (χ0v) is 23.3. The molecule has 2 N–H and O–H groups in total. The first-order valence-electron chi connectivity index (χ1n) is 11.8. The fourth-order valence-electron chi connectivity index (χ4n) is 3.84. The molecule has 37 heavy (non-hydrogen) atoms. The van der Waals surface area contributed by atoms with Gasteiger partial charge in [-0.15, -0.1) is 0 Å². The molecule has 9 heteroatoms. The molecule has 0 fully saturated rings. The lowest BCUT2D eigenvalue weighted by atomic mass is 10.0. The molecule has 3 aromatic rings. The number of nitrogens with one attached hydrogen (secondary N) is 1. The van der Waals surface area contributed by atoms with E-state index in [1.54, 1.807) is 38.8 Å². The highest BCUT2D eigenvalue weighted by atomic mass is 32.2. The molecule has 0 saturated carbocycles. The highest BCUT2D eigenvalue weighted by Gasteiger charge is 2.18. The molecule has 1 heterocycles. The second kappa shape index (κ2) is 13.4. The number of fused-ring (bicyclic) bond motifs is 1. The van der Waals surface area contributed by atoms with E-state index in [-0.39, 0.29) is 18.9 Å². The second-order valence-electron chi connectivity index (χ2n) is 9.41. The minimum absolute atomic E-state index is 0.00487. The van der Waals surface area contributed by atoms with E-state index < -0.39 is 11.7 Å². The Morgan fingerprint density at radius 2 is 1.89 bits per heavy atom. The number of alkyl carbamates (subject to hydrolysis) is 1. The number of amides is 1. The molecule has 1 aromatic heterocycles. The number of aliphatic hydroxyl groups is 1. The summed E-state index contributed by atoms with van der Waals surface area (Å²) in [5.41, 5.74) is 3.62. The summed E-state index contributed by atoms with van der Waals surface area (Å²) in [6, 6.07) is 13.6. The number of halogens is 1. The number of aliphatic hydroxyl groups excluding tert-OH is 1. The number of benzene rings is 2. The molecule has 1 amide bonds. The number of rotatable bonds is 8. The number of carbonyl (C=O) groups excluding carboxylic acids is 2. The molecule has 0 aliphatic carbocycles. The van der Waals surface area contributed by atoms with Crippen molar-refractivity contribution in [1.82, 2.24) is 14.2 Å². The Morgan fingerprint density at radius 3 is 2.51 bits per heavy atom. The van der Waals surface area contributed by atoms with Gasteiger partial charge in [0.1, 0.15) is 17.7 Å². The Labute approximate surface area is 222 Å². The average molecular weight is 530 g/mol. The van der Waals surface area contributed by atoms with Crippen LogP contribution in [0.3, 0.4) is 0 Å². The lowest BCUT2D eigenvalue weighted by molar-refractivity contribution is 0.0533. The van der Waals surface area contributed by atoms with Crippen LogP contribution in [-0.4, -0.2) is 59.7 Å². The van der Waals surface area contributed by atoms with Gasteiger partial charge in [0.15, 0.2) is 0 Å². The summed E-state index contributed by atoms with van der Waals surface area (Å²) in [5.74, 6) is -0.385. The summed E-state index contributed by atoms with van der Waals surface area (Å²) in [7, 11) is 4.97. The number of aromatic nitrogens is 1. The smallest absolute Gasteiger partial charge is 0.407 e. The maximum Gasteiger partial charge on any atom is 0.407 e. The maximum absolute atomic E-state index is 14.9. The van der Waals surface area contributed by atoms with Crippen LogP contribution in [0, 0.1) is 6.92 Å². The fourth-order valence-corrected chi connectivity index (χ4v) is 4.58. The van der Waals surface area contributed by atoms with Crippen molar-refractivity contribution in [2.75, 3.05) is 27.7 Å². The molecule has 2 aromatic carbocycles. The van der Waals surface area contributed by atoms with E-state index in [2.05, 4.69) is 11.4 Å². The first-order valence-corrected chi connectivity index (χ1v) is 12.6. The number of aldehydes is 1. The Hall–Kier alpha value is -3.14. The van der Waals surface area contributed by atoms with Crippen LogP contribution < -0.4 is 5.32 Å². The summed E-state index contributed by atoms with van der Waals surface area (Å²) in [6.45, 7) is 7.28. The van der Waals surface area contributed by atoms with Crippen LogP contribution in [0.5, 0.6) is 0 Å². The summed E-state index contributed by atoms with van der Waals surface area (Å²) in [5, 5.41) is 10.4. The first-order chi connectivity index (χ1) is 17.5. The number of ether oxygens (including phenoxy) is 1. The molecule has 7 nitrogen and oxygen atoms in total. The van der Waals surface area contributed by atoms with Gasteiger partial charge >= 0.3 is 6.09 Å². The largest absolute Gasteiger partial charge is 0.444 e. The monoisotopic (exact) mass is 529 g/mol. The minimum Gasteiger partial charge on any atom is -0.444 e. The number of nitrogens with zero attached hydrogens (tertiary/aromatic N) is 2. The summed E-state index contributed by atoms with van der Waals surface area (Å²) in [6.07, 6.45) is 1.56. The molecular weight excluding hydrogens is 493 g/mol. The Kier molecular flexibility index (Phi) is 10.9. The maximum atomic E-state index is 14.9. The van der Waals surface area contributed by atoms with Crippen LogP contribution in [0.1, 0.15) is 36.8 Å². The third-order valence-corrected chi connectivity index (χ3v) is 6.00. The van der Waals surface area contributed by atoms with E-state index in [9.17, 15) is 14.0 Å². The molecule has 0 spiro atoms. The number of carbonyl (C=O) groups is 2. The van der Waals surface area contributed by atoms with Crippen LogP contribution in [-0.2, 0) is 11.3 Å². The predicted octanol–water partition coefficient (Wildman–Crippen LogP) is 5.98. The number of hydrogen-bond donors (Lipinski definition) is 2. The normalized spacial score (nSPS) is 11.8. The lowest BCUT2D eigenvalue weighted by Gasteiger charge is -2.19. The van der Waals surface area contributed by atoms with Gasteiger partial charge < -0.3 is 19.7 Å². The zero-order chi connectivity index (χ0) is 27.8. The Morgan fingerprint density at radius 1 is 1.19 bits per heavy atom. The highest BCUT2D eigenvalue weighted by molar-refractivity contribution is 7.97. The van der Waals surface area contributed by atoms with Crippen LogP contribution in [0.2, 0.25) is 0 Å². The third-order valence-electron chi connectivity index (χ3n) is 5.17. The topological polar surface area (TPSA) is 83.8 Å². The molecule has 0 aliphatic rings. The quantitative estimate of drug-likeness (QED) is 0.276. The second-order valence-corrected chi connectivity index (χ2v) is 10.8. The molecule has 0 unspecified atom stereocenters. The van der Waals surface area contributed by atoms with Crippen molar-refractivity contribution in [3.63, 3.8) is 0 Å². The average Bonchev–Trinajstić information content (AvgIpc) is 3.09. The van der Waals surface area contributed by atoms with Crippen molar-refractivity contribution in [2.45, 2.75) is 44.7 Å². The van der Waals surface area contributed by atoms with Crippen LogP contribution in [0.4, 0.5) is 9.18 Å². The molecule has 0 atom stereocenters. The van der Waals surface area contributed by atoms with Gasteiger partial charge in [-0.2, -0.15) is 0 Å². The van der Waals surface area contributed by atoms with E-state index >= 15 is 0 Å². The molecular formula is C28H36FN3O4S. The first kappa shape index (κ1) is 30.1. The van der Waals surface area contributed by atoms with Crippen molar-refractivity contribution < 1.29 is 23.8 Å². The van der Waals surface area contributed by atoms with Gasteiger partial charge in [-0.25, -0.2) is 9.18 Å². The highest BCUT2D eigenvalue weighted by Crippen LogP contribution is 2.37. The molecule has 0 bridgehead atoms. The molecule has 0 aliphatic heterocycles. The van der Waals surface area contributed by atoms with Gasteiger partial charge in [-0.05, 0) is 95.7 Å². The number of allylic oxidation sites excluding steroid dienone is 1. The van der Waals surface area contributed by atoms with E-state index in [0.717, 1.165) is 46.0 Å². The molecule has 0 saturated heterocycles. The van der Waals surface area contributed by atoms with E-state index in [1.165, 1.54) is 6.08 Å². The Bertz CT molecular complexity index is 1260. The summed E-state index contributed by atoms with van der Waals surface area (Å²) >= 11 is 1.61. The van der Waals surface area contributed by atoms with Crippen molar-refractivity contribution >= 4 is 35.2 Å². The van der Waals surface area contributed by atoms with Crippen molar-refractivity contribution in [3.8, 4) is 11.1 Å². The van der Waals surface area contributed by atoms with E-state index in [4.69, 9.17) is 9.84 Å². The van der Waals surface area contributed by atoms with Gasteiger partial charge in [0.05, 0.1) is 6.54 Å². The van der Waals surface area contributed by atoms with Gasteiger partial charge in [-0.3, -0.25) is 9.10 Å². The van der Waals surface area contributed by atoms with Gasteiger partial charge in [0, 0.05) is 46.3 Å². The predicted molar refractivity (Wildman–Crippen MR) is 149 cm³/mol.